The molecule has 0 radical (unpaired) electrons. The van der Waals surface area contributed by atoms with Crippen molar-refractivity contribution in [2.24, 2.45) is 0 Å². The maximum absolute atomic E-state index is 12.3. The first kappa shape index (κ1) is 16.6. The lowest BCUT2D eigenvalue weighted by Crippen LogP contribution is -2.44. The number of carbonyl (C=O) groups excluding carboxylic acids is 2. The fraction of sp³-hybridized carbons (Fsp3) is 0.556. The number of rotatable bonds is 4. The molecule has 0 unspecified atom stereocenters. The van der Waals surface area contributed by atoms with E-state index < -0.39 is 0 Å². The third-order valence-electron chi connectivity index (χ3n) is 4.49. The van der Waals surface area contributed by atoms with Crippen molar-refractivity contribution in [3.8, 4) is 11.5 Å². The Labute approximate surface area is 142 Å². The summed E-state index contributed by atoms with van der Waals surface area (Å²) >= 11 is 0. The summed E-state index contributed by atoms with van der Waals surface area (Å²) < 4.78 is 11.0. The van der Waals surface area contributed by atoms with Gasteiger partial charge in [-0.05, 0) is 25.0 Å². The van der Waals surface area contributed by atoms with Crippen molar-refractivity contribution in [1.29, 1.82) is 0 Å². The highest BCUT2D eigenvalue weighted by molar-refractivity contribution is 5.97. The molecular weight excluding hydrogens is 308 g/mol. The molecule has 0 aromatic heterocycles. The van der Waals surface area contributed by atoms with E-state index in [0.717, 1.165) is 25.7 Å². The second-order valence-electron chi connectivity index (χ2n) is 6.34. The maximum Gasteiger partial charge on any atom is 0.240 e. The van der Waals surface area contributed by atoms with Crippen LogP contribution in [0.25, 0.3) is 0 Å². The predicted octanol–water partition coefficient (Wildman–Crippen LogP) is 2.26. The van der Waals surface area contributed by atoms with Crippen LogP contribution in [0.2, 0.25) is 0 Å². The van der Waals surface area contributed by atoms with Crippen molar-refractivity contribution in [3.05, 3.63) is 18.2 Å². The van der Waals surface area contributed by atoms with Gasteiger partial charge in [0.1, 0.15) is 19.8 Å². The molecular formula is C18H24N2O4. The summed E-state index contributed by atoms with van der Waals surface area (Å²) in [5.41, 5.74) is 0.644. The van der Waals surface area contributed by atoms with E-state index in [9.17, 15) is 9.59 Å². The van der Waals surface area contributed by atoms with Gasteiger partial charge in [-0.25, -0.2) is 0 Å². The van der Waals surface area contributed by atoms with Crippen LogP contribution in [-0.2, 0) is 9.59 Å². The van der Waals surface area contributed by atoms with E-state index in [1.807, 2.05) is 0 Å². The van der Waals surface area contributed by atoms with Crippen molar-refractivity contribution in [1.82, 2.24) is 5.32 Å². The molecule has 2 amide bonds. The zero-order valence-corrected chi connectivity index (χ0v) is 14.0. The molecule has 24 heavy (non-hydrogen) atoms. The average molecular weight is 332 g/mol. The third-order valence-corrected chi connectivity index (χ3v) is 4.49. The number of benzene rings is 1. The van der Waals surface area contributed by atoms with Gasteiger partial charge in [-0.3, -0.25) is 9.59 Å². The minimum absolute atomic E-state index is 0.0193. The van der Waals surface area contributed by atoms with E-state index in [4.69, 9.17) is 9.47 Å². The Morgan fingerprint density at radius 1 is 1.12 bits per heavy atom. The van der Waals surface area contributed by atoms with Crippen molar-refractivity contribution >= 4 is 17.5 Å². The Morgan fingerprint density at radius 2 is 1.83 bits per heavy atom. The zero-order chi connectivity index (χ0) is 16.9. The molecule has 2 aliphatic rings. The first-order valence-electron chi connectivity index (χ1n) is 8.60. The number of fused-ring (bicyclic) bond motifs is 1. The second-order valence-corrected chi connectivity index (χ2v) is 6.34. The number of ether oxygens (including phenoxy) is 2. The number of carbonyl (C=O) groups is 2. The predicted molar refractivity (Wildman–Crippen MR) is 90.5 cm³/mol. The van der Waals surface area contributed by atoms with E-state index in [1.165, 1.54) is 18.2 Å². The summed E-state index contributed by atoms with van der Waals surface area (Å²) in [6.07, 6.45) is 5.60. The van der Waals surface area contributed by atoms with Crippen LogP contribution in [0.4, 0.5) is 5.69 Å². The minimum Gasteiger partial charge on any atom is -0.486 e. The smallest absolute Gasteiger partial charge is 0.240 e. The van der Waals surface area contributed by atoms with Crippen LogP contribution < -0.4 is 19.7 Å². The summed E-state index contributed by atoms with van der Waals surface area (Å²) in [7, 11) is 0. The second kappa shape index (κ2) is 7.55. The Bertz CT molecular complexity index is 611. The lowest BCUT2D eigenvalue weighted by Gasteiger charge is -2.26. The van der Waals surface area contributed by atoms with Crippen LogP contribution in [0, 0.1) is 0 Å². The molecule has 1 aromatic carbocycles. The van der Waals surface area contributed by atoms with Crippen molar-refractivity contribution in [2.75, 3.05) is 24.7 Å². The molecule has 1 heterocycles. The SMILES string of the molecule is CC(=O)N(CC(=O)NC1CCCCC1)c1ccc2c(c1)OCCO2. The van der Waals surface area contributed by atoms with E-state index in [1.54, 1.807) is 18.2 Å². The van der Waals surface area contributed by atoms with Gasteiger partial charge in [0, 0.05) is 24.7 Å². The summed E-state index contributed by atoms with van der Waals surface area (Å²) in [5, 5.41) is 3.05. The van der Waals surface area contributed by atoms with E-state index in [0.29, 0.717) is 30.4 Å². The molecule has 6 heteroatoms. The van der Waals surface area contributed by atoms with Gasteiger partial charge in [-0.2, -0.15) is 0 Å². The molecule has 1 saturated carbocycles. The Morgan fingerprint density at radius 3 is 2.54 bits per heavy atom. The maximum atomic E-state index is 12.3. The van der Waals surface area contributed by atoms with E-state index in [-0.39, 0.29) is 24.4 Å². The quantitative estimate of drug-likeness (QED) is 0.918. The van der Waals surface area contributed by atoms with Gasteiger partial charge >= 0.3 is 0 Å². The molecule has 0 bridgehead atoms. The van der Waals surface area contributed by atoms with E-state index >= 15 is 0 Å². The summed E-state index contributed by atoms with van der Waals surface area (Å²) in [6, 6.07) is 5.55. The third kappa shape index (κ3) is 3.99. The molecule has 1 aromatic rings. The van der Waals surface area contributed by atoms with Crippen LogP contribution in [0.5, 0.6) is 11.5 Å². The van der Waals surface area contributed by atoms with Gasteiger partial charge in [0.2, 0.25) is 11.8 Å². The molecule has 6 nitrogen and oxygen atoms in total. The zero-order valence-electron chi connectivity index (χ0n) is 14.0. The van der Waals surface area contributed by atoms with Gasteiger partial charge in [-0.1, -0.05) is 19.3 Å². The summed E-state index contributed by atoms with van der Waals surface area (Å²) in [6.45, 7) is 2.49. The normalized spacial score (nSPS) is 17.2. The minimum atomic E-state index is -0.175. The number of anilines is 1. The first-order chi connectivity index (χ1) is 11.6. The fourth-order valence-electron chi connectivity index (χ4n) is 3.25. The summed E-state index contributed by atoms with van der Waals surface area (Å²) in [5.74, 6) is 0.982. The van der Waals surface area contributed by atoms with Gasteiger partial charge in [0.25, 0.3) is 0 Å². The van der Waals surface area contributed by atoms with Crippen molar-refractivity contribution in [2.45, 2.75) is 45.1 Å². The average Bonchev–Trinajstić information content (AvgIpc) is 2.60. The van der Waals surface area contributed by atoms with Gasteiger partial charge in [-0.15, -0.1) is 0 Å². The number of hydrogen-bond acceptors (Lipinski definition) is 4. The number of nitrogens with zero attached hydrogens (tertiary/aromatic N) is 1. The molecule has 0 atom stereocenters. The Kier molecular flexibility index (Phi) is 5.23. The standard InChI is InChI=1S/C18H24N2O4/c1-13(21)20(12-18(22)19-14-5-3-2-4-6-14)15-7-8-16-17(11-15)24-10-9-23-16/h7-8,11,14H,2-6,9-10,12H2,1H3,(H,19,22). The Hall–Kier alpha value is -2.24. The molecule has 1 aliphatic carbocycles. The number of amides is 2. The monoisotopic (exact) mass is 332 g/mol. The molecule has 130 valence electrons. The van der Waals surface area contributed by atoms with Crippen LogP contribution >= 0.6 is 0 Å². The molecule has 3 rings (SSSR count). The van der Waals surface area contributed by atoms with Crippen LogP contribution in [0.1, 0.15) is 39.0 Å². The highest BCUT2D eigenvalue weighted by atomic mass is 16.6. The van der Waals surface area contributed by atoms with E-state index in [2.05, 4.69) is 5.32 Å². The molecule has 1 aliphatic heterocycles. The summed E-state index contributed by atoms with van der Waals surface area (Å²) in [4.78, 5) is 25.8. The lowest BCUT2D eigenvalue weighted by atomic mass is 9.95. The van der Waals surface area contributed by atoms with Crippen LogP contribution in [0.15, 0.2) is 18.2 Å². The van der Waals surface area contributed by atoms with Crippen LogP contribution in [-0.4, -0.2) is 37.6 Å². The number of hydrogen-bond donors (Lipinski definition) is 1. The molecule has 0 saturated heterocycles. The molecule has 0 spiro atoms. The highest BCUT2D eigenvalue weighted by Gasteiger charge is 2.21. The highest BCUT2D eigenvalue weighted by Crippen LogP contribution is 2.34. The topological polar surface area (TPSA) is 67.9 Å². The molecule has 1 fully saturated rings. The van der Waals surface area contributed by atoms with Gasteiger partial charge < -0.3 is 19.7 Å². The largest absolute Gasteiger partial charge is 0.486 e. The Balaban J connectivity index is 1.68. The number of nitrogens with one attached hydrogen (secondary N) is 1. The van der Waals surface area contributed by atoms with Crippen molar-refractivity contribution < 1.29 is 19.1 Å². The van der Waals surface area contributed by atoms with Crippen molar-refractivity contribution in [3.63, 3.8) is 0 Å². The van der Waals surface area contributed by atoms with Crippen LogP contribution in [0.3, 0.4) is 0 Å². The fourth-order valence-corrected chi connectivity index (χ4v) is 3.25. The lowest BCUT2D eigenvalue weighted by molar-refractivity contribution is -0.123. The van der Waals surface area contributed by atoms with Gasteiger partial charge in [0.05, 0.1) is 0 Å². The molecule has 1 N–H and O–H groups in total. The first-order valence-corrected chi connectivity index (χ1v) is 8.60. The van der Waals surface area contributed by atoms with Gasteiger partial charge in [0.15, 0.2) is 11.5 Å².